The molecule has 1 rings (SSSR count). The number of hydrogen-bond donors (Lipinski definition) is 0. The fraction of sp³-hybridized carbons (Fsp3) is 0.615. The number of likely N-dealkylation sites (N-methyl/N-ethyl adjacent to an activating group) is 2. The Labute approximate surface area is 99.1 Å². The van der Waals surface area contributed by atoms with Crippen LogP contribution in [0.1, 0.15) is 25.5 Å². The Morgan fingerprint density at radius 3 is 2.38 bits per heavy atom. The molecule has 0 N–H and O–H groups in total. The molecule has 90 valence electrons. The van der Waals surface area contributed by atoms with Crippen molar-refractivity contribution in [1.29, 1.82) is 0 Å². The summed E-state index contributed by atoms with van der Waals surface area (Å²) in [5, 5.41) is 0. The predicted molar refractivity (Wildman–Crippen MR) is 70.2 cm³/mol. The van der Waals surface area contributed by atoms with E-state index in [0.717, 1.165) is 24.6 Å². The maximum atomic E-state index is 4.66. The number of aromatic nitrogens is 1. The van der Waals surface area contributed by atoms with E-state index in [-0.39, 0.29) is 0 Å². The van der Waals surface area contributed by atoms with Crippen molar-refractivity contribution in [2.75, 3.05) is 39.1 Å². The van der Waals surface area contributed by atoms with Crippen LogP contribution in [0.3, 0.4) is 0 Å². The molecule has 16 heavy (non-hydrogen) atoms. The smallest absolute Gasteiger partial charge is 0.128 e. The van der Waals surface area contributed by atoms with E-state index in [0.29, 0.717) is 5.92 Å². The van der Waals surface area contributed by atoms with Gasteiger partial charge in [0.1, 0.15) is 5.82 Å². The number of nitrogens with zero attached hydrogens (tertiary/aromatic N) is 3. The molecule has 0 unspecified atom stereocenters. The van der Waals surface area contributed by atoms with Gasteiger partial charge in [-0.15, -0.1) is 0 Å². The normalized spacial score (nSPS) is 11.2. The second-order valence-corrected chi connectivity index (χ2v) is 4.80. The van der Waals surface area contributed by atoms with Gasteiger partial charge in [-0.1, -0.05) is 19.9 Å². The van der Waals surface area contributed by atoms with Gasteiger partial charge in [-0.25, -0.2) is 4.98 Å². The zero-order chi connectivity index (χ0) is 12.1. The second-order valence-electron chi connectivity index (χ2n) is 4.80. The molecule has 1 aromatic rings. The zero-order valence-electron chi connectivity index (χ0n) is 11.1. The summed E-state index contributed by atoms with van der Waals surface area (Å²) < 4.78 is 0. The highest BCUT2D eigenvalue weighted by atomic mass is 15.2. The van der Waals surface area contributed by atoms with Crippen molar-refractivity contribution in [1.82, 2.24) is 9.88 Å². The topological polar surface area (TPSA) is 19.4 Å². The number of pyridine rings is 1. The monoisotopic (exact) mass is 221 g/mol. The number of rotatable bonds is 5. The molecule has 0 atom stereocenters. The van der Waals surface area contributed by atoms with E-state index in [2.05, 4.69) is 68.0 Å². The van der Waals surface area contributed by atoms with E-state index in [9.17, 15) is 0 Å². The molecule has 0 aliphatic heterocycles. The highest BCUT2D eigenvalue weighted by Crippen LogP contribution is 2.15. The summed E-state index contributed by atoms with van der Waals surface area (Å²) in [5.41, 5.74) is 1.16. The molecule has 0 saturated heterocycles. The van der Waals surface area contributed by atoms with Gasteiger partial charge in [0.15, 0.2) is 0 Å². The maximum Gasteiger partial charge on any atom is 0.128 e. The average molecular weight is 221 g/mol. The lowest BCUT2D eigenvalue weighted by Crippen LogP contribution is -2.29. The summed E-state index contributed by atoms with van der Waals surface area (Å²) in [6.45, 7) is 6.39. The van der Waals surface area contributed by atoms with Gasteiger partial charge in [0, 0.05) is 25.8 Å². The second kappa shape index (κ2) is 5.85. The molecular weight excluding hydrogens is 198 g/mol. The third-order valence-electron chi connectivity index (χ3n) is 2.62. The lowest BCUT2D eigenvalue weighted by molar-refractivity contribution is 0.416. The Bertz CT molecular complexity index is 321. The van der Waals surface area contributed by atoms with Crippen LogP contribution in [0.4, 0.5) is 5.82 Å². The lowest BCUT2D eigenvalue weighted by atomic mass is 10.1. The number of anilines is 1. The first-order valence-electron chi connectivity index (χ1n) is 5.83. The van der Waals surface area contributed by atoms with E-state index in [1.165, 1.54) is 0 Å². The van der Waals surface area contributed by atoms with Crippen LogP contribution in [-0.4, -0.2) is 44.1 Å². The Kier molecular flexibility index (Phi) is 4.74. The molecule has 1 aromatic heterocycles. The van der Waals surface area contributed by atoms with Gasteiger partial charge in [0.25, 0.3) is 0 Å². The van der Waals surface area contributed by atoms with Gasteiger partial charge in [0.05, 0.1) is 0 Å². The highest BCUT2D eigenvalue weighted by molar-refractivity contribution is 5.38. The molecule has 0 saturated carbocycles. The highest BCUT2D eigenvalue weighted by Gasteiger charge is 2.05. The Morgan fingerprint density at radius 2 is 1.81 bits per heavy atom. The van der Waals surface area contributed by atoms with Crippen LogP contribution in [0.5, 0.6) is 0 Å². The van der Waals surface area contributed by atoms with Crippen molar-refractivity contribution in [3.05, 3.63) is 23.9 Å². The van der Waals surface area contributed by atoms with Gasteiger partial charge in [-0.3, -0.25) is 0 Å². The van der Waals surface area contributed by atoms with E-state index >= 15 is 0 Å². The molecule has 3 heteroatoms. The van der Waals surface area contributed by atoms with Gasteiger partial charge >= 0.3 is 0 Å². The Morgan fingerprint density at radius 1 is 1.12 bits per heavy atom. The van der Waals surface area contributed by atoms with Crippen LogP contribution >= 0.6 is 0 Å². The minimum absolute atomic E-state index is 0.488. The summed E-state index contributed by atoms with van der Waals surface area (Å²) in [6.07, 6.45) is 0. The molecule has 0 amide bonds. The first-order valence-corrected chi connectivity index (χ1v) is 5.83. The van der Waals surface area contributed by atoms with Crippen molar-refractivity contribution in [3.8, 4) is 0 Å². The first-order chi connectivity index (χ1) is 7.50. The van der Waals surface area contributed by atoms with Crippen LogP contribution in [0, 0.1) is 0 Å². The van der Waals surface area contributed by atoms with Crippen LogP contribution in [0.2, 0.25) is 0 Å². The van der Waals surface area contributed by atoms with Crippen molar-refractivity contribution in [3.63, 3.8) is 0 Å². The van der Waals surface area contributed by atoms with Gasteiger partial charge in [-0.2, -0.15) is 0 Å². The molecule has 1 heterocycles. The van der Waals surface area contributed by atoms with Crippen molar-refractivity contribution in [2.24, 2.45) is 0 Å². The largest absolute Gasteiger partial charge is 0.358 e. The summed E-state index contributed by atoms with van der Waals surface area (Å²) in [5.74, 6) is 1.55. The van der Waals surface area contributed by atoms with Crippen molar-refractivity contribution < 1.29 is 0 Å². The Hall–Kier alpha value is -1.09. The number of hydrogen-bond acceptors (Lipinski definition) is 3. The molecule has 0 aromatic carbocycles. The van der Waals surface area contributed by atoms with Gasteiger partial charge in [0.2, 0.25) is 0 Å². The minimum atomic E-state index is 0.488. The van der Waals surface area contributed by atoms with Gasteiger partial charge in [-0.05, 0) is 32.1 Å². The van der Waals surface area contributed by atoms with Crippen molar-refractivity contribution in [2.45, 2.75) is 19.8 Å². The molecule has 0 radical (unpaired) electrons. The van der Waals surface area contributed by atoms with Gasteiger partial charge < -0.3 is 9.80 Å². The summed E-state index contributed by atoms with van der Waals surface area (Å²) in [6, 6.07) is 6.25. The zero-order valence-corrected chi connectivity index (χ0v) is 11.1. The third kappa shape index (κ3) is 3.81. The quantitative estimate of drug-likeness (QED) is 0.760. The van der Waals surface area contributed by atoms with Crippen LogP contribution in [0.15, 0.2) is 18.2 Å². The molecule has 0 spiro atoms. The summed E-state index contributed by atoms with van der Waals surface area (Å²) in [4.78, 5) is 9.04. The molecular formula is C13H23N3. The molecule has 0 fully saturated rings. The lowest BCUT2D eigenvalue weighted by Gasteiger charge is -2.21. The van der Waals surface area contributed by atoms with Crippen LogP contribution in [-0.2, 0) is 0 Å². The van der Waals surface area contributed by atoms with Crippen molar-refractivity contribution >= 4 is 5.82 Å². The average Bonchev–Trinajstić information content (AvgIpc) is 2.26. The van der Waals surface area contributed by atoms with Crippen LogP contribution in [0.25, 0.3) is 0 Å². The molecule has 0 bridgehead atoms. The van der Waals surface area contributed by atoms with E-state index in [1.54, 1.807) is 0 Å². The predicted octanol–water partition coefficient (Wildman–Crippen LogP) is 2.20. The third-order valence-corrected chi connectivity index (χ3v) is 2.62. The van der Waals surface area contributed by atoms with E-state index < -0.39 is 0 Å². The first kappa shape index (κ1) is 13.0. The summed E-state index contributed by atoms with van der Waals surface area (Å²) in [7, 11) is 6.27. The maximum absolute atomic E-state index is 4.66. The standard InChI is InChI=1S/C13H23N3/c1-11(2)12-7-6-8-13(14-12)16(5)10-9-15(3)4/h6-8,11H,9-10H2,1-5H3. The molecule has 3 nitrogen and oxygen atoms in total. The molecule has 0 aliphatic carbocycles. The SMILES string of the molecule is CC(C)c1cccc(N(C)CCN(C)C)n1. The fourth-order valence-corrected chi connectivity index (χ4v) is 1.44. The minimum Gasteiger partial charge on any atom is -0.358 e. The van der Waals surface area contributed by atoms with E-state index in [4.69, 9.17) is 0 Å². The molecule has 0 aliphatic rings. The van der Waals surface area contributed by atoms with Crippen LogP contribution < -0.4 is 4.90 Å². The summed E-state index contributed by atoms with van der Waals surface area (Å²) >= 11 is 0. The fourth-order valence-electron chi connectivity index (χ4n) is 1.44. The van der Waals surface area contributed by atoms with E-state index in [1.807, 2.05) is 0 Å². The Balaban J connectivity index is 2.68.